The number of benzodiazepines with no additional fused rings is 1. The minimum atomic E-state index is -0.583. The monoisotopic (exact) mass is 309 g/mol. The molecular formula is C19H23N3O. The molecule has 0 bridgehead atoms. The molecule has 3 rings (SSSR count). The van der Waals surface area contributed by atoms with Gasteiger partial charge in [-0.2, -0.15) is 0 Å². The van der Waals surface area contributed by atoms with Crippen LogP contribution in [0.5, 0.6) is 0 Å². The van der Waals surface area contributed by atoms with Gasteiger partial charge in [0.2, 0.25) is 0 Å². The molecule has 23 heavy (non-hydrogen) atoms. The molecule has 1 atom stereocenters. The summed E-state index contributed by atoms with van der Waals surface area (Å²) in [5.74, 6) is -0.0327. The van der Waals surface area contributed by atoms with Gasteiger partial charge in [-0.3, -0.25) is 9.79 Å². The fourth-order valence-electron chi connectivity index (χ4n) is 2.92. The average molecular weight is 309 g/mol. The number of anilines is 1. The molecule has 0 radical (unpaired) electrons. The lowest BCUT2D eigenvalue weighted by atomic mass is 9.81. The summed E-state index contributed by atoms with van der Waals surface area (Å²) in [6, 6.07) is 7.43. The van der Waals surface area contributed by atoms with Gasteiger partial charge < -0.3 is 10.6 Å². The summed E-state index contributed by atoms with van der Waals surface area (Å²) in [6.45, 7) is 7.73. The van der Waals surface area contributed by atoms with Gasteiger partial charge in [-0.05, 0) is 23.1 Å². The molecular weight excluding hydrogens is 286 g/mol. The maximum atomic E-state index is 12.7. The summed E-state index contributed by atoms with van der Waals surface area (Å²) in [5.41, 5.74) is 9.85. The van der Waals surface area contributed by atoms with Crippen LogP contribution in [0.1, 0.15) is 26.3 Å². The van der Waals surface area contributed by atoms with Crippen LogP contribution in [0.4, 0.5) is 5.69 Å². The van der Waals surface area contributed by atoms with E-state index in [0.717, 1.165) is 16.8 Å². The first-order chi connectivity index (χ1) is 10.9. The Morgan fingerprint density at radius 2 is 2.00 bits per heavy atom. The third-order valence-corrected chi connectivity index (χ3v) is 4.27. The van der Waals surface area contributed by atoms with Gasteiger partial charge in [0.25, 0.3) is 0 Å². The van der Waals surface area contributed by atoms with Crippen LogP contribution in [-0.4, -0.2) is 31.1 Å². The van der Waals surface area contributed by atoms with Gasteiger partial charge in [0.15, 0.2) is 5.78 Å². The molecule has 1 aromatic rings. The second-order valence-electron chi connectivity index (χ2n) is 7.04. The molecule has 4 heteroatoms. The molecule has 1 heterocycles. The lowest BCUT2D eigenvalue weighted by molar-refractivity contribution is -0.116. The van der Waals surface area contributed by atoms with E-state index < -0.39 is 6.04 Å². The van der Waals surface area contributed by atoms with Crippen molar-refractivity contribution in [3.63, 3.8) is 0 Å². The number of para-hydroxylation sites is 1. The number of Topliss-reactive ketones (excluding diaryl/α,β-unsaturated/α-hetero) is 1. The number of carbonyl (C=O) groups excluding carboxylic acids is 1. The second-order valence-corrected chi connectivity index (χ2v) is 7.04. The van der Waals surface area contributed by atoms with Crippen molar-refractivity contribution in [2.24, 2.45) is 16.1 Å². The molecule has 1 aliphatic carbocycles. The topological polar surface area (TPSA) is 58.7 Å². The number of benzene rings is 1. The van der Waals surface area contributed by atoms with Crippen molar-refractivity contribution in [3.05, 3.63) is 53.3 Å². The van der Waals surface area contributed by atoms with Gasteiger partial charge in [-0.15, -0.1) is 0 Å². The number of carbonyl (C=O) groups is 1. The smallest absolute Gasteiger partial charge is 0.199 e. The highest BCUT2D eigenvalue weighted by Crippen LogP contribution is 2.33. The maximum Gasteiger partial charge on any atom is 0.199 e. The van der Waals surface area contributed by atoms with Gasteiger partial charge in [0.1, 0.15) is 0 Å². The molecule has 0 aromatic heterocycles. The van der Waals surface area contributed by atoms with Crippen molar-refractivity contribution in [3.8, 4) is 0 Å². The number of fused-ring (bicyclic) bond motifs is 1. The van der Waals surface area contributed by atoms with Crippen LogP contribution in [0.15, 0.2) is 52.7 Å². The first-order valence-electron chi connectivity index (χ1n) is 7.98. The van der Waals surface area contributed by atoms with Crippen LogP contribution in [0, 0.1) is 5.41 Å². The Morgan fingerprint density at radius 3 is 2.74 bits per heavy atom. The predicted octanol–water partition coefficient (Wildman–Crippen LogP) is 2.69. The number of rotatable bonds is 1. The number of nitrogens with two attached hydrogens (primary N) is 1. The maximum absolute atomic E-state index is 12.7. The second kappa shape index (κ2) is 5.78. The fraction of sp³-hybridized carbons (Fsp3) is 0.368. The molecule has 0 spiro atoms. The van der Waals surface area contributed by atoms with Crippen molar-refractivity contribution in [1.29, 1.82) is 0 Å². The third-order valence-electron chi connectivity index (χ3n) is 4.27. The molecule has 1 aliphatic heterocycles. The van der Waals surface area contributed by atoms with E-state index in [1.165, 1.54) is 0 Å². The zero-order valence-electron chi connectivity index (χ0n) is 13.9. The van der Waals surface area contributed by atoms with E-state index >= 15 is 0 Å². The SMILES string of the molecule is CC(C)(C)C1=CC(N)C(=O)C(N2CCN=Cc3ccccc32)=C1. The zero-order valence-corrected chi connectivity index (χ0v) is 13.9. The zero-order chi connectivity index (χ0) is 16.6. The molecule has 120 valence electrons. The van der Waals surface area contributed by atoms with E-state index in [0.29, 0.717) is 18.8 Å². The van der Waals surface area contributed by atoms with Crippen LogP contribution in [0.3, 0.4) is 0 Å². The standard InChI is InChI=1S/C19H23N3O/c1-19(2,3)14-10-15(20)18(23)17(11-14)22-9-8-21-12-13-6-4-5-7-16(13)22/h4-7,10-12,15H,8-9,20H2,1-3H3. The Hall–Kier alpha value is -2.20. The lowest BCUT2D eigenvalue weighted by Gasteiger charge is -2.32. The van der Waals surface area contributed by atoms with Crippen LogP contribution >= 0.6 is 0 Å². The van der Waals surface area contributed by atoms with E-state index in [9.17, 15) is 4.79 Å². The summed E-state index contributed by atoms with van der Waals surface area (Å²) in [7, 11) is 0. The highest BCUT2D eigenvalue weighted by atomic mass is 16.1. The third kappa shape index (κ3) is 2.99. The van der Waals surface area contributed by atoms with Crippen molar-refractivity contribution < 1.29 is 4.79 Å². The molecule has 2 N–H and O–H groups in total. The van der Waals surface area contributed by atoms with Crippen LogP contribution in [0.2, 0.25) is 0 Å². The Balaban J connectivity index is 2.09. The van der Waals surface area contributed by atoms with Crippen LogP contribution in [0.25, 0.3) is 0 Å². The summed E-state index contributed by atoms with van der Waals surface area (Å²) < 4.78 is 0. The number of nitrogens with zero attached hydrogens (tertiary/aromatic N) is 2. The van der Waals surface area contributed by atoms with Crippen molar-refractivity contribution in [2.75, 3.05) is 18.0 Å². The van der Waals surface area contributed by atoms with Gasteiger partial charge in [0, 0.05) is 18.3 Å². The van der Waals surface area contributed by atoms with Gasteiger partial charge >= 0.3 is 0 Å². The predicted molar refractivity (Wildman–Crippen MR) is 94.9 cm³/mol. The number of aliphatic imine (C=N–C) groups is 1. The minimum Gasteiger partial charge on any atom is -0.336 e. The molecule has 4 nitrogen and oxygen atoms in total. The Kier molecular flexibility index (Phi) is 3.94. The van der Waals surface area contributed by atoms with Gasteiger partial charge in [-0.25, -0.2) is 0 Å². The summed E-state index contributed by atoms with van der Waals surface area (Å²) in [5, 5.41) is 0. The van der Waals surface area contributed by atoms with E-state index in [4.69, 9.17) is 5.73 Å². The molecule has 0 saturated heterocycles. The summed E-state index contributed by atoms with van der Waals surface area (Å²) in [6.07, 6.45) is 5.75. The number of hydrogen-bond acceptors (Lipinski definition) is 4. The number of hydrogen-bond donors (Lipinski definition) is 1. The lowest BCUT2D eigenvalue weighted by Crippen LogP contribution is -2.41. The molecule has 1 unspecified atom stereocenters. The largest absolute Gasteiger partial charge is 0.336 e. The molecule has 0 amide bonds. The number of ketones is 1. The summed E-state index contributed by atoms with van der Waals surface area (Å²) >= 11 is 0. The van der Waals surface area contributed by atoms with Crippen molar-refractivity contribution >= 4 is 17.7 Å². The van der Waals surface area contributed by atoms with E-state index in [1.807, 2.05) is 42.6 Å². The van der Waals surface area contributed by atoms with E-state index in [-0.39, 0.29) is 11.2 Å². The van der Waals surface area contributed by atoms with E-state index in [2.05, 4.69) is 30.7 Å². The van der Waals surface area contributed by atoms with Gasteiger partial charge in [-0.1, -0.05) is 45.0 Å². The highest BCUT2D eigenvalue weighted by molar-refractivity contribution is 6.06. The summed E-state index contributed by atoms with van der Waals surface area (Å²) in [4.78, 5) is 19.2. The highest BCUT2D eigenvalue weighted by Gasteiger charge is 2.31. The number of allylic oxidation sites excluding steroid dienone is 2. The molecule has 2 aliphatic rings. The Morgan fingerprint density at radius 1 is 1.26 bits per heavy atom. The Bertz CT molecular complexity index is 722. The van der Waals surface area contributed by atoms with Crippen LogP contribution < -0.4 is 10.6 Å². The quantitative estimate of drug-likeness (QED) is 0.867. The van der Waals surface area contributed by atoms with E-state index in [1.54, 1.807) is 0 Å². The molecule has 0 fully saturated rings. The first-order valence-corrected chi connectivity index (χ1v) is 7.98. The molecule has 1 aromatic carbocycles. The average Bonchev–Trinajstić information content (AvgIpc) is 2.71. The Labute approximate surface area is 137 Å². The fourth-order valence-corrected chi connectivity index (χ4v) is 2.92. The van der Waals surface area contributed by atoms with Crippen molar-refractivity contribution in [1.82, 2.24) is 0 Å². The minimum absolute atomic E-state index is 0.0327. The first kappa shape index (κ1) is 15.7. The van der Waals surface area contributed by atoms with Gasteiger partial charge in [0.05, 0.1) is 24.0 Å². The van der Waals surface area contributed by atoms with Crippen molar-refractivity contribution in [2.45, 2.75) is 26.8 Å². The van der Waals surface area contributed by atoms with Crippen LogP contribution in [-0.2, 0) is 4.79 Å². The molecule has 0 saturated carbocycles. The normalized spacial score (nSPS) is 21.5.